The summed E-state index contributed by atoms with van der Waals surface area (Å²) in [6, 6.07) is 13.8. The van der Waals surface area contributed by atoms with E-state index in [2.05, 4.69) is 34.8 Å². The highest BCUT2D eigenvalue weighted by Gasteiger charge is 2.13. The van der Waals surface area contributed by atoms with Crippen LogP contribution in [-0.4, -0.2) is 23.6 Å². The van der Waals surface area contributed by atoms with Crippen molar-refractivity contribution in [1.82, 2.24) is 9.97 Å². The maximum absolute atomic E-state index is 6.19. The predicted octanol–water partition coefficient (Wildman–Crippen LogP) is 5.95. The monoisotopic (exact) mass is 403 g/mol. The highest BCUT2D eigenvalue weighted by molar-refractivity contribution is 9.10. The van der Waals surface area contributed by atoms with Crippen molar-refractivity contribution in [2.45, 2.75) is 19.8 Å². The Morgan fingerprint density at radius 3 is 2.54 bits per heavy atom. The molecule has 2 aromatic carbocycles. The molecule has 5 heteroatoms. The van der Waals surface area contributed by atoms with Crippen molar-refractivity contribution in [2.75, 3.05) is 18.5 Å². The van der Waals surface area contributed by atoms with Crippen LogP contribution in [-0.2, 0) is 0 Å². The molecule has 0 unspecified atom stereocenters. The fourth-order valence-electron chi connectivity index (χ4n) is 2.60. The maximum Gasteiger partial charge on any atom is 0.162 e. The summed E-state index contributed by atoms with van der Waals surface area (Å²) in [7, 11) is 2.07. The van der Waals surface area contributed by atoms with Crippen LogP contribution in [0.25, 0.3) is 22.3 Å². The summed E-state index contributed by atoms with van der Waals surface area (Å²) >= 11 is 9.66. The first-order valence-corrected chi connectivity index (χ1v) is 9.20. The molecule has 0 saturated carbocycles. The van der Waals surface area contributed by atoms with E-state index in [4.69, 9.17) is 21.6 Å². The largest absolute Gasteiger partial charge is 0.359 e. The molecule has 3 nitrogen and oxygen atoms in total. The molecule has 0 bridgehead atoms. The van der Waals surface area contributed by atoms with Gasteiger partial charge in [0, 0.05) is 34.0 Å². The Morgan fingerprint density at radius 2 is 1.83 bits per heavy atom. The third-order valence-electron chi connectivity index (χ3n) is 3.95. The van der Waals surface area contributed by atoms with Gasteiger partial charge >= 0.3 is 0 Å². The van der Waals surface area contributed by atoms with Crippen LogP contribution >= 0.6 is 27.5 Å². The Kier molecular flexibility index (Phi) is 5.36. The maximum atomic E-state index is 6.19. The number of aromatic nitrogens is 2. The highest BCUT2D eigenvalue weighted by Crippen LogP contribution is 2.29. The van der Waals surface area contributed by atoms with Crippen LogP contribution in [0.5, 0.6) is 0 Å². The topological polar surface area (TPSA) is 29.0 Å². The minimum atomic E-state index is 0.702. The zero-order chi connectivity index (χ0) is 17.1. The zero-order valence-corrected chi connectivity index (χ0v) is 16.1. The molecule has 124 valence electrons. The number of unbranched alkanes of at least 4 members (excludes halogenated alkanes) is 1. The average molecular weight is 405 g/mol. The van der Waals surface area contributed by atoms with Gasteiger partial charge in [0.2, 0.25) is 0 Å². The first kappa shape index (κ1) is 17.2. The van der Waals surface area contributed by atoms with E-state index >= 15 is 0 Å². The fourth-order valence-corrected chi connectivity index (χ4v) is 3.04. The van der Waals surface area contributed by atoms with Crippen LogP contribution in [0.3, 0.4) is 0 Å². The van der Waals surface area contributed by atoms with Gasteiger partial charge in [-0.3, -0.25) is 0 Å². The van der Waals surface area contributed by atoms with Crippen LogP contribution in [0.4, 0.5) is 5.82 Å². The van der Waals surface area contributed by atoms with Gasteiger partial charge in [-0.05, 0) is 36.8 Å². The second-order valence-electron chi connectivity index (χ2n) is 5.81. The molecule has 24 heavy (non-hydrogen) atoms. The fraction of sp³-hybridized carbons (Fsp3) is 0.263. The predicted molar refractivity (Wildman–Crippen MR) is 106 cm³/mol. The van der Waals surface area contributed by atoms with Crippen molar-refractivity contribution in [1.29, 1.82) is 0 Å². The van der Waals surface area contributed by atoms with Gasteiger partial charge < -0.3 is 4.90 Å². The Labute approximate surface area is 155 Å². The molecule has 1 aromatic heterocycles. The van der Waals surface area contributed by atoms with E-state index in [0.717, 1.165) is 52.0 Å². The normalized spacial score (nSPS) is 11.0. The molecule has 3 rings (SSSR count). The van der Waals surface area contributed by atoms with Gasteiger partial charge in [0.15, 0.2) is 5.82 Å². The molecule has 0 aliphatic heterocycles. The lowest BCUT2D eigenvalue weighted by Gasteiger charge is -2.20. The van der Waals surface area contributed by atoms with Crippen LogP contribution < -0.4 is 4.90 Å². The molecule has 0 atom stereocenters. The van der Waals surface area contributed by atoms with Gasteiger partial charge in [0.05, 0.1) is 5.52 Å². The van der Waals surface area contributed by atoms with E-state index in [9.17, 15) is 0 Å². The lowest BCUT2D eigenvalue weighted by Crippen LogP contribution is -2.20. The lowest BCUT2D eigenvalue weighted by atomic mass is 10.1. The van der Waals surface area contributed by atoms with Crippen molar-refractivity contribution in [3.63, 3.8) is 0 Å². The van der Waals surface area contributed by atoms with Gasteiger partial charge in [-0.15, -0.1) is 0 Å². The molecule has 0 amide bonds. The average Bonchev–Trinajstić information content (AvgIpc) is 2.59. The molecule has 0 spiro atoms. The second-order valence-corrected chi connectivity index (χ2v) is 7.17. The SMILES string of the molecule is CCCCN(C)c1nc(-c2ccc(Br)cc2)nc2ccc(Cl)cc12. The van der Waals surface area contributed by atoms with E-state index in [0.29, 0.717) is 5.02 Å². The van der Waals surface area contributed by atoms with Gasteiger partial charge in [-0.2, -0.15) is 0 Å². The third-order valence-corrected chi connectivity index (χ3v) is 4.71. The van der Waals surface area contributed by atoms with Crippen LogP contribution in [0.15, 0.2) is 46.9 Å². The van der Waals surface area contributed by atoms with E-state index < -0.39 is 0 Å². The lowest BCUT2D eigenvalue weighted by molar-refractivity contribution is 0.761. The molecular weight excluding hydrogens is 386 g/mol. The highest BCUT2D eigenvalue weighted by atomic mass is 79.9. The number of halogens is 2. The summed E-state index contributed by atoms with van der Waals surface area (Å²) < 4.78 is 1.04. The van der Waals surface area contributed by atoms with Gasteiger partial charge in [0.25, 0.3) is 0 Å². The minimum Gasteiger partial charge on any atom is -0.359 e. The summed E-state index contributed by atoms with van der Waals surface area (Å²) in [4.78, 5) is 11.8. The Balaban J connectivity index is 2.14. The number of hydrogen-bond acceptors (Lipinski definition) is 3. The molecular formula is C19H19BrClN3. The smallest absolute Gasteiger partial charge is 0.162 e. The molecule has 0 radical (unpaired) electrons. The summed E-state index contributed by atoms with van der Waals surface area (Å²) in [5.41, 5.74) is 1.91. The first-order chi connectivity index (χ1) is 11.6. The summed E-state index contributed by atoms with van der Waals surface area (Å²) in [6.07, 6.45) is 2.27. The number of nitrogens with zero attached hydrogens (tertiary/aromatic N) is 3. The van der Waals surface area contributed by atoms with Crippen molar-refractivity contribution < 1.29 is 0 Å². The second kappa shape index (κ2) is 7.49. The van der Waals surface area contributed by atoms with Crippen molar-refractivity contribution >= 4 is 44.3 Å². The van der Waals surface area contributed by atoms with Crippen molar-refractivity contribution in [3.8, 4) is 11.4 Å². The minimum absolute atomic E-state index is 0.702. The van der Waals surface area contributed by atoms with E-state index in [1.807, 2.05) is 42.5 Å². The first-order valence-electron chi connectivity index (χ1n) is 8.03. The van der Waals surface area contributed by atoms with E-state index in [1.165, 1.54) is 0 Å². The Morgan fingerprint density at radius 1 is 1.08 bits per heavy atom. The van der Waals surface area contributed by atoms with E-state index in [1.54, 1.807) is 0 Å². The third kappa shape index (κ3) is 3.70. The quantitative estimate of drug-likeness (QED) is 0.526. The number of hydrogen-bond donors (Lipinski definition) is 0. The summed E-state index contributed by atoms with van der Waals surface area (Å²) in [5, 5.41) is 1.69. The van der Waals surface area contributed by atoms with Gasteiger partial charge in [-0.25, -0.2) is 9.97 Å². The standard InChI is InChI=1S/C19H19BrClN3/c1-3-4-11-24(2)19-16-12-15(21)9-10-17(16)22-18(23-19)13-5-7-14(20)8-6-13/h5-10,12H,3-4,11H2,1-2H3. The number of benzene rings is 2. The number of anilines is 1. The molecule has 0 fully saturated rings. The van der Waals surface area contributed by atoms with Crippen molar-refractivity contribution in [2.24, 2.45) is 0 Å². The van der Waals surface area contributed by atoms with E-state index in [-0.39, 0.29) is 0 Å². The van der Waals surface area contributed by atoms with Gasteiger partial charge in [-0.1, -0.05) is 53.0 Å². The van der Waals surface area contributed by atoms with Crippen molar-refractivity contribution in [3.05, 3.63) is 52.0 Å². The summed E-state index contributed by atoms with van der Waals surface area (Å²) in [5.74, 6) is 1.66. The molecule has 0 aliphatic rings. The number of fused-ring (bicyclic) bond motifs is 1. The Bertz CT molecular complexity index is 849. The van der Waals surface area contributed by atoms with Gasteiger partial charge in [0.1, 0.15) is 5.82 Å². The van der Waals surface area contributed by atoms with Crippen LogP contribution in [0.2, 0.25) is 5.02 Å². The Hall–Kier alpha value is -1.65. The van der Waals surface area contributed by atoms with Crippen LogP contribution in [0.1, 0.15) is 19.8 Å². The molecule has 0 N–H and O–H groups in total. The number of rotatable bonds is 5. The summed E-state index contributed by atoms with van der Waals surface area (Å²) in [6.45, 7) is 3.14. The zero-order valence-electron chi connectivity index (χ0n) is 13.8. The molecule has 0 saturated heterocycles. The molecule has 3 aromatic rings. The molecule has 1 heterocycles. The molecule has 0 aliphatic carbocycles. The van der Waals surface area contributed by atoms with Crippen LogP contribution in [0, 0.1) is 0 Å².